The molecule has 57 heavy (non-hydrogen) atoms. The zero-order valence-electron chi connectivity index (χ0n) is 30.8. The van der Waals surface area contributed by atoms with Gasteiger partial charge in [-0.05, 0) is 89.5 Å². The first-order chi connectivity index (χ1) is 28.3. The molecule has 0 saturated heterocycles. The van der Waals surface area contributed by atoms with Crippen LogP contribution in [0.4, 0.5) is 0 Å². The quantitative estimate of drug-likeness (QED) is 0.170. The SMILES string of the molecule is c1cc(-c2ccc3c4ccccc4c4nccnc4c3c2)cc(-c2cccc3c(-c4cccc5c(-c6cccc7c6oc6ccccc67)cccc45)cccc23)c1. The third-order valence-corrected chi connectivity index (χ3v) is 11.8. The summed E-state index contributed by atoms with van der Waals surface area (Å²) in [5, 5.41) is 11.8. The van der Waals surface area contributed by atoms with Crippen LogP contribution in [0.1, 0.15) is 0 Å². The van der Waals surface area contributed by atoms with E-state index in [-0.39, 0.29) is 0 Å². The molecular weight excluding hydrogens is 693 g/mol. The van der Waals surface area contributed by atoms with E-state index in [9.17, 15) is 0 Å². The Balaban J connectivity index is 0.988. The lowest BCUT2D eigenvalue weighted by Crippen LogP contribution is -1.90. The van der Waals surface area contributed by atoms with E-state index in [2.05, 4.69) is 170 Å². The molecule has 0 atom stereocenters. The van der Waals surface area contributed by atoms with E-state index in [4.69, 9.17) is 14.4 Å². The number of hydrogen-bond acceptors (Lipinski definition) is 3. The lowest BCUT2D eigenvalue weighted by atomic mass is 9.88. The number of para-hydroxylation sites is 2. The molecule has 0 unspecified atom stereocenters. The number of hydrogen-bond donors (Lipinski definition) is 0. The second kappa shape index (κ2) is 12.5. The van der Waals surface area contributed by atoms with Crippen LogP contribution in [0.25, 0.3) is 121 Å². The average Bonchev–Trinajstić information content (AvgIpc) is 3.67. The maximum absolute atomic E-state index is 6.50. The number of furan rings is 1. The van der Waals surface area contributed by atoms with Crippen molar-refractivity contribution in [1.29, 1.82) is 0 Å². The molecule has 0 N–H and O–H groups in total. The molecule has 0 radical (unpaired) electrons. The summed E-state index contributed by atoms with van der Waals surface area (Å²) >= 11 is 0. The van der Waals surface area contributed by atoms with E-state index in [1.54, 1.807) is 12.4 Å². The molecule has 0 aliphatic carbocycles. The van der Waals surface area contributed by atoms with E-state index in [0.717, 1.165) is 60.4 Å². The molecular formula is C54H32N2O. The average molecular weight is 725 g/mol. The van der Waals surface area contributed by atoms with Gasteiger partial charge in [0.25, 0.3) is 0 Å². The van der Waals surface area contributed by atoms with Gasteiger partial charge in [0.2, 0.25) is 0 Å². The molecule has 0 aliphatic heterocycles. The summed E-state index contributed by atoms with van der Waals surface area (Å²) in [5.41, 5.74) is 13.1. The largest absolute Gasteiger partial charge is 0.455 e. The van der Waals surface area contributed by atoms with Crippen LogP contribution in [0.2, 0.25) is 0 Å². The van der Waals surface area contributed by atoms with E-state index < -0.39 is 0 Å². The van der Waals surface area contributed by atoms with E-state index in [1.807, 2.05) is 12.1 Å². The van der Waals surface area contributed by atoms with Crippen molar-refractivity contribution in [3.05, 3.63) is 194 Å². The molecule has 0 saturated carbocycles. The van der Waals surface area contributed by atoms with Gasteiger partial charge in [-0.2, -0.15) is 0 Å². The Hall–Kier alpha value is -7.62. The van der Waals surface area contributed by atoms with Gasteiger partial charge in [-0.3, -0.25) is 9.97 Å². The van der Waals surface area contributed by atoms with E-state index >= 15 is 0 Å². The van der Waals surface area contributed by atoms with Crippen LogP contribution >= 0.6 is 0 Å². The Bertz CT molecular complexity index is 3560. The van der Waals surface area contributed by atoms with Gasteiger partial charge >= 0.3 is 0 Å². The highest BCUT2D eigenvalue weighted by atomic mass is 16.3. The van der Waals surface area contributed by atoms with Gasteiger partial charge in [-0.15, -0.1) is 0 Å². The molecule has 0 fully saturated rings. The van der Waals surface area contributed by atoms with Crippen molar-refractivity contribution in [3.63, 3.8) is 0 Å². The maximum atomic E-state index is 6.50. The van der Waals surface area contributed by atoms with Crippen LogP contribution in [0, 0.1) is 0 Å². The Morgan fingerprint density at radius 3 is 1.47 bits per heavy atom. The minimum Gasteiger partial charge on any atom is -0.455 e. The van der Waals surface area contributed by atoms with Crippen molar-refractivity contribution in [2.75, 3.05) is 0 Å². The Morgan fingerprint density at radius 2 is 0.754 bits per heavy atom. The zero-order valence-corrected chi connectivity index (χ0v) is 30.8. The maximum Gasteiger partial charge on any atom is 0.143 e. The lowest BCUT2D eigenvalue weighted by Gasteiger charge is -2.15. The summed E-state index contributed by atoms with van der Waals surface area (Å²) in [6, 6.07) is 65.7. The van der Waals surface area contributed by atoms with Crippen molar-refractivity contribution in [2.45, 2.75) is 0 Å². The van der Waals surface area contributed by atoms with Crippen LogP contribution in [-0.4, -0.2) is 9.97 Å². The lowest BCUT2D eigenvalue weighted by molar-refractivity contribution is 0.670. The van der Waals surface area contributed by atoms with Gasteiger partial charge in [-0.1, -0.05) is 164 Å². The van der Waals surface area contributed by atoms with Gasteiger partial charge in [0.1, 0.15) is 11.2 Å². The van der Waals surface area contributed by atoms with Crippen LogP contribution in [-0.2, 0) is 0 Å². The predicted octanol–water partition coefficient (Wildman–Crippen LogP) is 14.8. The van der Waals surface area contributed by atoms with Crippen molar-refractivity contribution in [1.82, 2.24) is 9.97 Å². The molecule has 12 aromatic rings. The topological polar surface area (TPSA) is 38.9 Å². The van der Waals surface area contributed by atoms with Gasteiger partial charge in [0, 0.05) is 39.5 Å². The Kier molecular flexibility index (Phi) is 6.93. The fourth-order valence-corrected chi connectivity index (χ4v) is 9.21. The molecule has 2 aromatic heterocycles. The van der Waals surface area contributed by atoms with Gasteiger partial charge in [0.05, 0.1) is 11.0 Å². The second-order valence-electron chi connectivity index (χ2n) is 14.8. The fraction of sp³-hybridized carbons (Fsp3) is 0. The van der Waals surface area contributed by atoms with Crippen molar-refractivity contribution >= 4 is 76.1 Å². The number of nitrogens with zero attached hydrogens (tertiary/aromatic N) is 2. The van der Waals surface area contributed by atoms with Crippen LogP contribution in [0.15, 0.2) is 199 Å². The number of aromatic nitrogens is 2. The third-order valence-electron chi connectivity index (χ3n) is 11.8. The van der Waals surface area contributed by atoms with Crippen molar-refractivity contribution < 1.29 is 4.42 Å². The monoisotopic (exact) mass is 724 g/mol. The molecule has 0 amide bonds. The first-order valence-electron chi connectivity index (χ1n) is 19.4. The minimum atomic E-state index is 0.910. The predicted molar refractivity (Wildman–Crippen MR) is 239 cm³/mol. The Labute approximate surface area is 328 Å². The van der Waals surface area contributed by atoms with E-state index in [0.29, 0.717) is 0 Å². The molecule has 0 aliphatic rings. The van der Waals surface area contributed by atoms with Crippen LogP contribution in [0.3, 0.4) is 0 Å². The number of rotatable bonds is 4. The number of fused-ring (bicyclic) bond motifs is 11. The van der Waals surface area contributed by atoms with Crippen molar-refractivity contribution in [3.8, 4) is 44.5 Å². The molecule has 3 heteroatoms. The normalized spacial score (nSPS) is 11.9. The summed E-state index contributed by atoms with van der Waals surface area (Å²) in [5.74, 6) is 0. The second-order valence-corrected chi connectivity index (χ2v) is 14.8. The van der Waals surface area contributed by atoms with Gasteiger partial charge < -0.3 is 4.42 Å². The summed E-state index contributed by atoms with van der Waals surface area (Å²) in [6.45, 7) is 0. The zero-order chi connectivity index (χ0) is 37.5. The molecule has 3 nitrogen and oxygen atoms in total. The van der Waals surface area contributed by atoms with E-state index in [1.165, 1.54) is 60.1 Å². The summed E-state index contributed by atoms with van der Waals surface area (Å²) in [7, 11) is 0. The molecule has 12 rings (SSSR count). The highest BCUT2D eigenvalue weighted by molar-refractivity contribution is 6.23. The van der Waals surface area contributed by atoms with Crippen molar-refractivity contribution in [2.24, 2.45) is 0 Å². The smallest absolute Gasteiger partial charge is 0.143 e. The molecule has 0 bridgehead atoms. The summed E-state index contributed by atoms with van der Waals surface area (Å²) in [6.07, 6.45) is 3.57. The van der Waals surface area contributed by atoms with Crippen LogP contribution in [0.5, 0.6) is 0 Å². The van der Waals surface area contributed by atoms with Crippen LogP contribution < -0.4 is 0 Å². The first kappa shape index (κ1) is 31.7. The highest BCUT2D eigenvalue weighted by Gasteiger charge is 2.17. The molecule has 2 heterocycles. The minimum absolute atomic E-state index is 0.910. The summed E-state index contributed by atoms with van der Waals surface area (Å²) < 4.78 is 6.50. The first-order valence-corrected chi connectivity index (χ1v) is 19.4. The number of benzene rings is 10. The standard InChI is InChI=1S/C54H32N2O/c1-2-15-47-43(13-1)45-28-27-34(32-50(45)53-52(47)55-29-30-56-53)33-11-5-12-35(31-33)36-16-6-18-38-37(36)17-7-19-39(38)40-20-8-22-42-41(40)21-9-23-44(42)48-24-10-25-49-46-14-3-4-26-51(46)57-54(48)49/h1-32H. The fourth-order valence-electron chi connectivity index (χ4n) is 9.21. The third kappa shape index (κ3) is 4.86. The summed E-state index contributed by atoms with van der Waals surface area (Å²) in [4.78, 5) is 9.58. The Morgan fingerprint density at radius 1 is 0.281 bits per heavy atom. The highest BCUT2D eigenvalue weighted by Crippen LogP contribution is 2.43. The van der Waals surface area contributed by atoms with Gasteiger partial charge in [0.15, 0.2) is 0 Å². The molecule has 10 aromatic carbocycles. The molecule has 0 spiro atoms. The molecule has 264 valence electrons. The van der Waals surface area contributed by atoms with Gasteiger partial charge in [-0.25, -0.2) is 0 Å².